The summed E-state index contributed by atoms with van der Waals surface area (Å²) in [5.41, 5.74) is 6.57. The van der Waals surface area contributed by atoms with E-state index in [1.54, 1.807) is 7.05 Å². The lowest BCUT2D eigenvalue weighted by Crippen LogP contribution is -2.25. The molecule has 6 nitrogen and oxygen atoms in total. The molecule has 0 unspecified atom stereocenters. The Kier molecular flexibility index (Phi) is 5.30. The first-order chi connectivity index (χ1) is 10.0. The summed E-state index contributed by atoms with van der Waals surface area (Å²) in [6.45, 7) is 7.00. The van der Waals surface area contributed by atoms with Crippen LogP contribution >= 0.6 is 11.3 Å². The number of hydrogen-bond donors (Lipinski definition) is 2. The van der Waals surface area contributed by atoms with Gasteiger partial charge in [0, 0.05) is 26.7 Å². The smallest absolute Gasteiger partial charge is 0.263 e. The van der Waals surface area contributed by atoms with Crippen molar-refractivity contribution in [2.24, 2.45) is 0 Å². The lowest BCUT2D eigenvalue weighted by atomic mass is 10.3. The van der Waals surface area contributed by atoms with Gasteiger partial charge in [-0.25, -0.2) is 0 Å². The highest BCUT2D eigenvalue weighted by atomic mass is 32.1. The van der Waals surface area contributed by atoms with Gasteiger partial charge in [-0.2, -0.15) is 0 Å². The van der Waals surface area contributed by atoms with Crippen molar-refractivity contribution in [2.75, 3.05) is 44.0 Å². The molecule has 21 heavy (non-hydrogen) atoms. The van der Waals surface area contributed by atoms with Gasteiger partial charge in [-0.1, -0.05) is 0 Å². The normalized spacial score (nSPS) is 15.9. The third kappa shape index (κ3) is 3.59. The van der Waals surface area contributed by atoms with Gasteiger partial charge in [0.2, 0.25) is 0 Å². The van der Waals surface area contributed by atoms with Crippen molar-refractivity contribution in [1.29, 1.82) is 0 Å². The Morgan fingerprint density at radius 1 is 1.43 bits per heavy atom. The Morgan fingerprint density at radius 3 is 2.86 bits per heavy atom. The zero-order chi connectivity index (χ0) is 15.4. The van der Waals surface area contributed by atoms with Crippen LogP contribution in [0.2, 0.25) is 0 Å². The molecule has 118 valence electrons. The maximum Gasteiger partial charge on any atom is 0.263 e. The van der Waals surface area contributed by atoms with Crippen LogP contribution in [0.1, 0.15) is 29.9 Å². The van der Waals surface area contributed by atoms with Gasteiger partial charge in [-0.3, -0.25) is 4.79 Å². The predicted octanol–water partition coefficient (Wildman–Crippen LogP) is 1.70. The summed E-state index contributed by atoms with van der Waals surface area (Å²) in [7, 11) is 1.60. The number of nitrogens with one attached hydrogen (secondary N) is 1. The summed E-state index contributed by atoms with van der Waals surface area (Å²) in [6, 6.07) is 0. The van der Waals surface area contributed by atoms with Crippen LogP contribution < -0.4 is 20.7 Å². The van der Waals surface area contributed by atoms with Gasteiger partial charge in [-0.05, 0) is 20.3 Å². The molecular formula is C14H23N3O3S. The lowest BCUT2D eigenvalue weighted by molar-refractivity contribution is 0.0967. The number of nitrogens with zero attached hydrogens (tertiary/aromatic N) is 1. The molecule has 0 bridgehead atoms. The molecule has 1 aliphatic heterocycles. The third-order valence-electron chi connectivity index (χ3n) is 3.18. The van der Waals surface area contributed by atoms with Crippen molar-refractivity contribution in [1.82, 2.24) is 5.32 Å². The van der Waals surface area contributed by atoms with Crippen LogP contribution in [0.15, 0.2) is 0 Å². The quantitative estimate of drug-likeness (QED) is 0.885. The molecule has 2 heterocycles. The van der Waals surface area contributed by atoms with Crippen LogP contribution in [0.4, 0.5) is 10.7 Å². The summed E-state index contributed by atoms with van der Waals surface area (Å²) in [5.74, 6) is 0.443. The van der Waals surface area contributed by atoms with E-state index in [0.29, 0.717) is 22.9 Å². The van der Waals surface area contributed by atoms with Crippen LogP contribution in [-0.2, 0) is 4.74 Å². The molecule has 1 aromatic heterocycles. The van der Waals surface area contributed by atoms with Crippen molar-refractivity contribution < 1.29 is 14.3 Å². The van der Waals surface area contributed by atoms with Gasteiger partial charge in [0.25, 0.3) is 5.91 Å². The van der Waals surface area contributed by atoms with E-state index in [1.165, 1.54) is 11.3 Å². The second-order valence-corrected chi connectivity index (χ2v) is 6.18. The van der Waals surface area contributed by atoms with Crippen molar-refractivity contribution in [3.8, 4) is 5.75 Å². The number of nitrogens with two attached hydrogens (primary N) is 1. The number of amides is 1. The predicted molar refractivity (Wildman–Crippen MR) is 85.5 cm³/mol. The fraction of sp³-hybridized carbons (Fsp3) is 0.643. The summed E-state index contributed by atoms with van der Waals surface area (Å²) >= 11 is 1.38. The highest BCUT2D eigenvalue weighted by Gasteiger charge is 2.26. The highest BCUT2D eigenvalue weighted by Crippen LogP contribution is 2.45. The number of thiophene rings is 1. The van der Waals surface area contributed by atoms with Crippen LogP contribution in [0.5, 0.6) is 5.75 Å². The van der Waals surface area contributed by atoms with Gasteiger partial charge in [0.05, 0.1) is 12.7 Å². The number of hydrogen-bond acceptors (Lipinski definition) is 6. The molecule has 3 N–H and O–H groups in total. The molecule has 1 fully saturated rings. The van der Waals surface area contributed by atoms with Gasteiger partial charge in [0.1, 0.15) is 15.6 Å². The molecule has 0 saturated carbocycles. The molecule has 0 radical (unpaired) electrons. The van der Waals surface area contributed by atoms with E-state index in [-0.39, 0.29) is 12.0 Å². The number of nitrogen functional groups attached to an aromatic ring is 1. The van der Waals surface area contributed by atoms with E-state index in [4.69, 9.17) is 15.2 Å². The molecular weight excluding hydrogens is 290 g/mol. The minimum atomic E-state index is -0.177. The number of ether oxygens (including phenoxy) is 2. The standard InChI is InChI=1S/C14H23N3O3S/c1-9(2)20-11-10(15)12(13(18)16-3)21-14(11)17-5-4-7-19-8-6-17/h9H,4-8,15H2,1-3H3,(H,16,18). The zero-order valence-corrected chi connectivity index (χ0v) is 13.6. The highest BCUT2D eigenvalue weighted by molar-refractivity contribution is 7.19. The Bertz CT molecular complexity index is 494. The second-order valence-electron chi connectivity index (χ2n) is 5.18. The van der Waals surface area contributed by atoms with Crippen molar-refractivity contribution in [3.05, 3.63) is 4.88 Å². The van der Waals surface area contributed by atoms with Crippen molar-refractivity contribution >= 4 is 27.9 Å². The second kappa shape index (κ2) is 7.00. The summed E-state index contributed by atoms with van der Waals surface area (Å²) in [6.07, 6.45) is 0.954. The van der Waals surface area contributed by atoms with Crippen LogP contribution in [0.3, 0.4) is 0 Å². The van der Waals surface area contributed by atoms with Crippen molar-refractivity contribution in [3.63, 3.8) is 0 Å². The van der Waals surface area contributed by atoms with E-state index < -0.39 is 0 Å². The third-order valence-corrected chi connectivity index (χ3v) is 4.42. The van der Waals surface area contributed by atoms with E-state index in [9.17, 15) is 4.79 Å². The zero-order valence-electron chi connectivity index (χ0n) is 12.8. The number of anilines is 2. The fourth-order valence-corrected chi connectivity index (χ4v) is 3.36. The fourth-order valence-electron chi connectivity index (χ4n) is 2.21. The maximum atomic E-state index is 12.0. The molecule has 0 aromatic carbocycles. The van der Waals surface area contributed by atoms with Gasteiger partial charge in [0.15, 0.2) is 5.75 Å². The minimum absolute atomic E-state index is 0.00131. The molecule has 0 aliphatic carbocycles. The maximum absolute atomic E-state index is 12.0. The first kappa shape index (κ1) is 15.9. The summed E-state index contributed by atoms with van der Waals surface area (Å²) in [5, 5.41) is 3.55. The molecule has 2 rings (SSSR count). The summed E-state index contributed by atoms with van der Waals surface area (Å²) in [4.78, 5) is 14.7. The van der Waals surface area contributed by atoms with Crippen molar-refractivity contribution in [2.45, 2.75) is 26.4 Å². The Labute approximate surface area is 129 Å². The van der Waals surface area contributed by atoms with E-state index in [0.717, 1.165) is 31.1 Å². The first-order valence-corrected chi connectivity index (χ1v) is 8.00. The van der Waals surface area contributed by atoms with Gasteiger partial charge in [-0.15, -0.1) is 11.3 Å². The minimum Gasteiger partial charge on any atom is -0.486 e. The average Bonchev–Trinajstić information content (AvgIpc) is 2.67. The van der Waals surface area contributed by atoms with Gasteiger partial charge >= 0.3 is 0 Å². The Balaban J connectivity index is 2.38. The molecule has 1 amide bonds. The first-order valence-electron chi connectivity index (χ1n) is 7.18. The molecule has 1 saturated heterocycles. The van der Waals surface area contributed by atoms with Crippen LogP contribution in [-0.4, -0.2) is 45.4 Å². The van der Waals surface area contributed by atoms with Gasteiger partial charge < -0.3 is 25.4 Å². The molecule has 0 atom stereocenters. The number of rotatable bonds is 4. The van der Waals surface area contributed by atoms with Crippen LogP contribution in [0, 0.1) is 0 Å². The molecule has 1 aliphatic rings. The monoisotopic (exact) mass is 313 g/mol. The number of carbonyl (C=O) groups is 1. The van der Waals surface area contributed by atoms with E-state index in [1.807, 2.05) is 13.8 Å². The SMILES string of the molecule is CNC(=O)c1sc(N2CCCOCC2)c(OC(C)C)c1N. The molecule has 7 heteroatoms. The van der Waals surface area contributed by atoms with E-state index >= 15 is 0 Å². The average molecular weight is 313 g/mol. The Hall–Kier alpha value is -1.47. The largest absolute Gasteiger partial charge is 0.486 e. The molecule has 0 spiro atoms. The Morgan fingerprint density at radius 2 is 2.19 bits per heavy atom. The molecule has 1 aromatic rings. The number of carbonyl (C=O) groups excluding carboxylic acids is 1. The topological polar surface area (TPSA) is 76.8 Å². The lowest BCUT2D eigenvalue weighted by Gasteiger charge is -2.22. The summed E-state index contributed by atoms with van der Waals surface area (Å²) < 4.78 is 11.4. The van der Waals surface area contributed by atoms with E-state index in [2.05, 4.69) is 10.2 Å². The van der Waals surface area contributed by atoms with Crippen LogP contribution in [0.25, 0.3) is 0 Å².